The zero-order valence-electron chi connectivity index (χ0n) is 10.2. The summed E-state index contributed by atoms with van der Waals surface area (Å²) < 4.78 is 10.8. The summed E-state index contributed by atoms with van der Waals surface area (Å²) in [5.41, 5.74) is 4.96. The SMILES string of the molecule is COc1ccc(C(NN)C2=CCCO2)cc1C. The van der Waals surface area contributed by atoms with E-state index in [9.17, 15) is 0 Å². The molecule has 1 aliphatic rings. The highest BCUT2D eigenvalue weighted by atomic mass is 16.5. The van der Waals surface area contributed by atoms with Crippen molar-refractivity contribution in [3.63, 3.8) is 0 Å². The minimum atomic E-state index is -0.0814. The number of hydrogen-bond acceptors (Lipinski definition) is 4. The van der Waals surface area contributed by atoms with Gasteiger partial charge < -0.3 is 9.47 Å². The van der Waals surface area contributed by atoms with Crippen LogP contribution in [0.1, 0.15) is 23.6 Å². The zero-order valence-corrected chi connectivity index (χ0v) is 10.2. The highest BCUT2D eigenvalue weighted by Crippen LogP contribution is 2.28. The standard InChI is InChI=1S/C13H18N2O2/c1-9-8-10(5-6-11(9)16-2)13(15-14)12-4-3-7-17-12/h4-6,8,13,15H,3,7,14H2,1-2H3. The molecule has 3 N–H and O–H groups in total. The van der Waals surface area contributed by atoms with Gasteiger partial charge in [-0.15, -0.1) is 0 Å². The van der Waals surface area contributed by atoms with Gasteiger partial charge in [-0.2, -0.15) is 0 Å². The van der Waals surface area contributed by atoms with E-state index in [1.54, 1.807) is 7.11 Å². The van der Waals surface area contributed by atoms with Crippen molar-refractivity contribution >= 4 is 0 Å². The molecular formula is C13H18N2O2. The molecular weight excluding hydrogens is 216 g/mol. The van der Waals surface area contributed by atoms with Crippen LogP contribution in [0.25, 0.3) is 0 Å². The molecule has 92 valence electrons. The Kier molecular flexibility index (Phi) is 3.66. The third-order valence-corrected chi connectivity index (χ3v) is 2.94. The van der Waals surface area contributed by atoms with E-state index in [0.29, 0.717) is 0 Å². The number of methoxy groups -OCH3 is 1. The van der Waals surface area contributed by atoms with Crippen LogP contribution < -0.4 is 16.0 Å². The lowest BCUT2D eigenvalue weighted by molar-refractivity contribution is 0.215. The minimum absolute atomic E-state index is 0.0814. The van der Waals surface area contributed by atoms with Crippen molar-refractivity contribution in [1.82, 2.24) is 5.43 Å². The maximum absolute atomic E-state index is 5.60. The molecule has 1 aromatic rings. The van der Waals surface area contributed by atoms with Crippen LogP contribution in [0.15, 0.2) is 30.0 Å². The van der Waals surface area contributed by atoms with Crippen molar-refractivity contribution in [2.45, 2.75) is 19.4 Å². The summed E-state index contributed by atoms with van der Waals surface area (Å²) in [6, 6.07) is 5.93. The van der Waals surface area contributed by atoms with E-state index in [0.717, 1.165) is 35.7 Å². The fourth-order valence-corrected chi connectivity index (χ4v) is 2.06. The van der Waals surface area contributed by atoms with Crippen LogP contribution in [0, 0.1) is 6.92 Å². The first-order valence-electron chi connectivity index (χ1n) is 5.69. The van der Waals surface area contributed by atoms with Crippen LogP contribution in [-0.4, -0.2) is 13.7 Å². The lowest BCUT2D eigenvalue weighted by Crippen LogP contribution is -2.29. The normalized spacial score (nSPS) is 16.3. The molecule has 0 saturated heterocycles. The lowest BCUT2D eigenvalue weighted by Gasteiger charge is -2.18. The number of aryl methyl sites for hydroxylation is 1. The zero-order chi connectivity index (χ0) is 12.3. The third-order valence-electron chi connectivity index (χ3n) is 2.94. The molecule has 0 saturated carbocycles. The number of hydrogen-bond donors (Lipinski definition) is 2. The van der Waals surface area contributed by atoms with Gasteiger partial charge in [0.2, 0.25) is 0 Å². The van der Waals surface area contributed by atoms with Gasteiger partial charge in [0.1, 0.15) is 17.6 Å². The molecule has 0 amide bonds. The maximum atomic E-state index is 5.60. The summed E-state index contributed by atoms with van der Waals surface area (Å²) >= 11 is 0. The minimum Gasteiger partial charge on any atom is -0.496 e. The second kappa shape index (κ2) is 5.21. The van der Waals surface area contributed by atoms with Gasteiger partial charge in [0.25, 0.3) is 0 Å². The Hall–Kier alpha value is -1.52. The predicted molar refractivity (Wildman–Crippen MR) is 66.4 cm³/mol. The summed E-state index contributed by atoms with van der Waals surface area (Å²) in [5, 5.41) is 0. The number of rotatable bonds is 4. The molecule has 1 aliphatic heterocycles. The van der Waals surface area contributed by atoms with E-state index in [-0.39, 0.29) is 6.04 Å². The Morgan fingerprint density at radius 3 is 2.82 bits per heavy atom. The molecule has 0 spiro atoms. The molecule has 1 unspecified atom stereocenters. The molecule has 1 heterocycles. The monoisotopic (exact) mass is 234 g/mol. The average Bonchev–Trinajstić information content (AvgIpc) is 2.84. The molecule has 0 fully saturated rings. The Labute approximate surface area is 101 Å². The van der Waals surface area contributed by atoms with Gasteiger partial charge in [-0.3, -0.25) is 5.84 Å². The summed E-state index contributed by atoms with van der Waals surface area (Å²) in [5.74, 6) is 7.38. The van der Waals surface area contributed by atoms with Crippen molar-refractivity contribution in [1.29, 1.82) is 0 Å². The average molecular weight is 234 g/mol. The molecule has 1 atom stereocenters. The molecule has 0 aromatic heterocycles. The molecule has 0 radical (unpaired) electrons. The fraction of sp³-hybridized carbons (Fsp3) is 0.385. The van der Waals surface area contributed by atoms with E-state index in [2.05, 4.69) is 17.6 Å². The first-order valence-corrected chi connectivity index (χ1v) is 5.69. The highest BCUT2D eigenvalue weighted by molar-refractivity contribution is 5.39. The van der Waals surface area contributed by atoms with Crippen LogP contribution in [0.3, 0.4) is 0 Å². The quantitative estimate of drug-likeness (QED) is 0.616. The largest absolute Gasteiger partial charge is 0.496 e. The smallest absolute Gasteiger partial charge is 0.121 e. The summed E-state index contributed by atoms with van der Waals surface area (Å²) in [4.78, 5) is 0. The van der Waals surface area contributed by atoms with Crippen molar-refractivity contribution in [3.8, 4) is 5.75 Å². The van der Waals surface area contributed by atoms with E-state index in [4.69, 9.17) is 15.3 Å². The first-order chi connectivity index (χ1) is 8.26. The number of nitrogens with two attached hydrogens (primary N) is 1. The Bertz CT molecular complexity index is 429. The van der Waals surface area contributed by atoms with E-state index < -0.39 is 0 Å². The molecule has 0 aliphatic carbocycles. The fourth-order valence-electron chi connectivity index (χ4n) is 2.06. The molecule has 4 nitrogen and oxygen atoms in total. The number of benzene rings is 1. The van der Waals surface area contributed by atoms with Gasteiger partial charge in [0, 0.05) is 6.42 Å². The van der Waals surface area contributed by atoms with Crippen molar-refractivity contribution in [3.05, 3.63) is 41.2 Å². The predicted octanol–water partition coefficient (Wildman–Crippen LogP) is 1.81. The highest BCUT2D eigenvalue weighted by Gasteiger charge is 2.20. The summed E-state index contributed by atoms with van der Waals surface area (Å²) in [7, 11) is 1.67. The molecule has 1 aromatic carbocycles. The molecule has 2 rings (SSSR count). The van der Waals surface area contributed by atoms with E-state index >= 15 is 0 Å². The van der Waals surface area contributed by atoms with Gasteiger partial charge in [-0.05, 0) is 30.2 Å². The van der Waals surface area contributed by atoms with Crippen LogP contribution >= 0.6 is 0 Å². The summed E-state index contributed by atoms with van der Waals surface area (Å²) in [6.07, 6.45) is 3.02. The number of nitrogens with one attached hydrogen (secondary N) is 1. The van der Waals surface area contributed by atoms with Gasteiger partial charge in [0.05, 0.1) is 13.7 Å². The third kappa shape index (κ3) is 2.43. The van der Waals surface area contributed by atoms with Gasteiger partial charge in [-0.25, -0.2) is 5.43 Å². The van der Waals surface area contributed by atoms with Crippen molar-refractivity contribution in [2.24, 2.45) is 5.84 Å². The number of ether oxygens (including phenoxy) is 2. The Balaban J connectivity index is 2.28. The van der Waals surface area contributed by atoms with Crippen LogP contribution in [-0.2, 0) is 4.74 Å². The first kappa shape index (κ1) is 12.0. The van der Waals surface area contributed by atoms with Gasteiger partial charge in [0.15, 0.2) is 0 Å². The second-order valence-electron chi connectivity index (χ2n) is 4.07. The Morgan fingerprint density at radius 2 is 2.29 bits per heavy atom. The maximum Gasteiger partial charge on any atom is 0.121 e. The topological polar surface area (TPSA) is 56.5 Å². The van der Waals surface area contributed by atoms with Crippen LogP contribution in [0.5, 0.6) is 5.75 Å². The molecule has 4 heteroatoms. The lowest BCUT2D eigenvalue weighted by atomic mass is 10.0. The van der Waals surface area contributed by atoms with E-state index in [1.165, 1.54) is 0 Å². The van der Waals surface area contributed by atoms with Crippen molar-refractivity contribution in [2.75, 3.05) is 13.7 Å². The van der Waals surface area contributed by atoms with Crippen LogP contribution in [0.2, 0.25) is 0 Å². The Morgan fingerprint density at radius 1 is 1.47 bits per heavy atom. The van der Waals surface area contributed by atoms with Gasteiger partial charge >= 0.3 is 0 Å². The van der Waals surface area contributed by atoms with Gasteiger partial charge in [-0.1, -0.05) is 12.1 Å². The van der Waals surface area contributed by atoms with E-state index in [1.807, 2.05) is 19.1 Å². The second-order valence-corrected chi connectivity index (χ2v) is 4.07. The van der Waals surface area contributed by atoms with Crippen LogP contribution in [0.4, 0.5) is 0 Å². The molecule has 17 heavy (non-hydrogen) atoms. The van der Waals surface area contributed by atoms with Crippen molar-refractivity contribution < 1.29 is 9.47 Å². The molecule has 0 bridgehead atoms. The number of hydrazine groups is 1. The summed E-state index contributed by atoms with van der Waals surface area (Å²) in [6.45, 7) is 2.75.